The molecule has 1 saturated carbocycles. The molecule has 1 unspecified atom stereocenters. The van der Waals surface area contributed by atoms with E-state index in [0.29, 0.717) is 5.92 Å². The van der Waals surface area contributed by atoms with Crippen LogP contribution in [0, 0.1) is 5.92 Å². The fourth-order valence-electron chi connectivity index (χ4n) is 2.50. The number of anilines is 1. The number of nitrogens with one attached hydrogen (secondary N) is 1. The van der Waals surface area contributed by atoms with Gasteiger partial charge in [0.05, 0.1) is 5.69 Å². The molecular formula is C15H24N4S. The summed E-state index contributed by atoms with van der Waals surface area (Å²) in [5.41, 5.74) is 1.30. The first-order valence-electron chi connectivity index (χ1n) is 7.58. The summed E-state index contributed by atoms with van der Waals surface area (Å²) in [4.78, 5) is 8.24. The molecule has 1 fully saturated rings. The van der Waals surface area contributed by atoms with E-state index in [1.54, 1.807) is 11.3 Å². The maximum atomic E-state index is 4.83. The Kier molecular flexibility index (Phi) is 3.98. The Morgan fingerprint density at radius 3 is 3.05 bits per heavy atom. The van der Waals surface area contributed by atoms with Gasteiger partial charge in [-0.05, 0) is 18.8 Å². The van der Waals surface area contributed by atoms with E-state index in [1.165, 1.54) is 25.0 Å². The molecule has 2 aromatic rings. The zero-order valence-electron chi connectivity index (χ0n) is 12.6. The minimum absolute atomic E-state index is 0.698. The van der Waals surface area contributed by atoms with Crippen LogP contribution in [0.2, 0.25) is 0 Å². The number of fused-ring (bicyclic) bond motifs is 1. The zero-order chi connectivity index (χ0) is 14.1. The molecule has 0 bridgehead atoms. The standard InChI is InChI=1S/C15H24N4S/c1-4-11(2)10-18(3)14-13(9-16-12-5-6-12)19-7-8-20-15(19)17-14/h7-8,11-12,16H,4-6,9-10H2,1-3H3. The smallest absolute Gasteiger partial charge is 0.195 e. The molecule has 1 aliphatic carbocycles. The Labute approximate surface area is 124 Å². The van der Waals surface area contributed by atoms with Crippen molar-refractivity contribution < 1.29 is 0 Å². The van der Waals surface area contributed by atoms with Crippen LogP contribution in [0.15, 0.2) is 11.6 Å². The van der Waals surface area contributed by atoms with E-state index in [4.69, 9.17) is 4.98 Å². The van der Waals surface area contributed by atoms with Crippen molar-refractivity contribution in [3.05, 3.63) is 17.3 Å². The highest BCUT2D eigenvalue weighted by molar-refractivity contribution is 7.15. The third kappa shape index (κ3) is 2.83. The number of aromatic nitrogens is 2. The highest BCUT2D eigenvalue weighted by atomic mass is 32.1. The minimum atomic E-state index is 0.698. The number of rotatable bonds is 7. The van der Waals surface area contributed by atoms with Crippen LogP contribution >= 0.6 is 11.3 Å². The van der Waals surface area contributed by atoms with E-state index < -0.39 is 0 Å². The molecule has 1 aliphatic rings. The SMILES string of the molecule is CCC(C)CN(C)c1nc2sccn2c1CNC1CC1. The summed E-state index contributed by atoms with van der Waals surface area (Å²) in [6.45, 7) is 6.54. The molecule has 0 saturated heterocycles. The molecule has 0 spiro atoms. The van der Waals surface area contributed by atoms with Gasteiger partial charge < -0.3 is 10.2 Å². The Morgan fingerprint density at radius 2 is 2.35 bits per heavy atom. The Bertz CT molecular complexity index is 569. The maximum Gasteiger partial charge on any atom is 0.195 e. The van der Waals surface area contributed by atoms with Gasteiger partial charge in [0.1, 0.15) is 0 Å². The lowest BCUT2D eigenvalue weighted by Gasteiger charge is -2.22. The van der Waals surface area contributed by atoms with Gasteiger partial charge in [-0.3, -0.25) is 4.40 Å². The molecule has 0 amide bonds. The number of imidazole rings is 1. The summed E-state index contributed by atoms with van der Waals surface area (Å²) in [6.07, 6.45) is 5.99. The van der Waals surface area contributed by atoms with Gasteiger partial charge in [0, 0.05) is 37.8 Å². The van der Waals surface area contributed by atoms with Crippen molar-refractivity contribution in [2.24, 2.45) is 5.92 Å². The van der Waals surface area contributed by atoms with Gasteiger partial charge in [0.2, 0.25) is 0 Å². The molecule has 0 aliphatic heterocycles. The van der Waals surface area contributed by atoms with E-state index in [1.807, 2.05) is 0 Å². The van der Waals surface area contributed by atoms with Crippen LogP contribution in [0.25, 0.3) is 4.96 Å². The van der Waals surface area contributed by atoms with Crippen molar-refractivity contribution in [2.45, 2.75) is 45.7 Å². The summed E-state index contributed by atoms with van der Waals surface area (Å²) in [5, 5.41) is 5.73. The summed E-state index contributed by atoms with van der Waals surface area (Å²) in [5.74, 6) is 1.84. The summed E-state index contributed by atoms with van der Waals surface area (Å²) < 4.78 is 2.24. The highest BCUT2D eigenvalue weighted by Crippen LogP contribution is 2.26. The van der Waals surface area contributed by atoms with Crippen LogP contribution in [0.1, 0.15) is 38.8 Å². The van der Waals surface area contributed by atoms with Crippen molar-refractivity contribution in [1.82, 2.24) is 14.7 Å². The maximum absolute atomic E-state index is 4.83. The third-order valence-electron chi connectivity index (χ3n) is 4.12. The molecule has 2 aromatic heterocycles. The Hall–Kier alpha value is -1.07. The summed E-state index contributed by atoms with van der Waals surface area (Å²) >= 11 is 1.71. The van der Waals surface area contributed by atoms with Crippen LogP contribution < -0.4 is 10.2 Å². The first-order chi connectivity index (χ1) is 9.69. The molecule has 2 heterocycles. The molecular weight excluding hydrogens is 268 g/mol. The van der Waals surface area contributed by atoms with Crippen molar-refractivity contribution >= 4 is 22.1 Å². The molecule has 3 rings (SSSR count). The van der Waals surface area contributed by atoms with Gasteiger partial charge in [0.25, 0.3) is 0 Å². The van der Waals surface area contributed by atoms with E-state index in [9.17, 15) is 0 Å². The van der Waals surface area contributed by atoms with E-state index in [0.717, 1.165) is 29.9 Å². The van der Waals surface area contributed by atoms with Crippen molar-refractivity contribution in [2.75, 3.05) is 18.5 Å². The molecule has 4 nitrogen and oxygen atoms in total. The molecule has 1 N–H and O–H groups in total. The molecule has 1 atom stereocenters. The number of thiazole rings is 1. The number of hydrogen-bond acceptors (Lipinski definition) is 4. The van der Waals surface area contributed by atoms with Gasteiger partial charge in [-0.15, -0.1) is 11.3 Å². The second-order valence-corrected chi connectivity index (χ2v) is 6.86. The first kappa shape index (κ1) is 13.9. The molecule has 110 valence electrons. The van der Waals surface area contributed by atoms with E-state index in [-0.39, 0.29) is 0 Å². The summed E-state index contributed by atoms with van der Waals surface area (Å²) in [7, 11) is 2.17. The van der Waals surface area contributed by atoms with Crippen LogP contribution in [0.4, 0.5) is 5.82 Å². The normalized spacial score (nSPS) is 16.8. The fraction of sp³-hybridized carbons (Fsp3) is 0.667. The largest absolute Gasteiger partial charge is 0.358 e. The van der Waals surface area contributed by atoms with Gasteiger partial charge >= 0.3 is 0 Å². The topological polar surface area (TPSA) is 32.6 Å². The highest BCUT2D eigenvalue weighted by Gasteiger charge is 2.23. The van der Waals surface area contributed by atoms with Gasteiger partial charge in [-0.25, -0.2) is 4.98 Å². The Balaban J connectivity index is 1.83. The quantitative estimate of drug-likeness (QED) is 0.851. The second-order valence-electron chi connectivity index (χ2n) is 5.99. The van der Waals surface area contributed by atoms with E-state index >= 15 is 0 Å². The minimum Gasteiger partial charge on any atom is -0.358 e. The monoisotopic (exact) mass is 292 g/mol. The lowest BCUT2D eigenvalue weighted by molar-refractivity contribution is 0.556. The van der Waals surface area contributed by atoms with Crippen LogP contribution in [0.5, 0.6) is 0 Å². The number of nitrogens with zero attached hydrogens (tertiary/aromatic N) is 3. The lowest BCUT2D eigenvalue weighted by Crippen LogP contribution is -2.26. The van der Waals surface area contributed by atoms with Crippen molar-refractivity contribution in [1.29, 1.82) is 0 Å². The zero-order valence-corrected chi connectivity index (χ0v) is 13.4. The predicted octanol–water partition coefficient (Wildman–Crippen LogP) is 3.13. The molecule has 0 aromatic carbocycles. The lowest BCUT2D eigenvalue weighted by atomic mass is 10.1. The molecule has 20 heavy (non-hydrogen) atoms. The summed E-state index contributed by atoms with van der Waals surface area (Å²) in [6, 6.07) is 0.729. The molecule has 5 heteroatoms. The van der Waals surface area contributed by atoms with Crippen molar-refractivity contribution in [3.63, 3.8) is 0 Å². The third-order valence-corrected chi connectivity index (χ3v) is 4.88. The Morgan fingerprint density at radius 1 is 1.55 bits per heavy atom. The number of hydrogen-bond donors (Lipinski definition) is 1. The van der Waals surface area contributed by atoms with Crippen LogP contribution in [0.3, 0.4) is 0 Å². The molecule has 0 radical (unpaired) electrons. The average molecular weight is 292 g/mol. The van der Waals surface area contributed by atoms with Gasteiger partial charge in [-0.1, -0.05) is 20.3 Å². The van der Waals surface area contributed by atoms with Gasteiger partial charge in [0.15, 0.2) is 10.8 Å². The van der Waals surface area contributed by atoms with Crippen molar-refractivity contribution in [3.8, 4) is 0 Å². The average Bonchev–Trinajstić information content (AvgIpc) is 3.03. The predicted molar refractivity (Wildman–Crippen MR) is 85.7 cm³/mol. The first-order valence-corrected chi connectivity index (χ1v) is 8.46. The second kappa shape index (κ2) is 5.74. The fourth-order valence-corrected chi connectivity index (χ4v) is 3.23. The van der Waals surface area contributed by atoms with E-state index in [2.05, 4.69) is 47.1 Å². The van der Waals surface area contributed by atoms with Crippen LogP contribution in [-0.2, 0) is 6.54 Å². The van der Waals surface area contributed by atoms with Crippen LogP contribution in [-0.4, -0.2) is 29.0 Å². The van der Waals surface area contributed by atoms with Gasteiger partial charge in [-0.2, -0.15) is 0 Å².